The Labute approximate surface area is 73.3 Å². The number of hydrogen-bond donors (Lipinski definition) is 3. The van der Waals surface area contributed by atoms with Crippen molar-refractivity contribution < 1.29 is 10.0 Å². The van der Waals surface area contributed by atoms with Crippen LogP contribution in [-0.4, -0.2) is 26.9 Å². The van der Waals surface area contributed by atoms with Gasteiger partial charge in [0.2, 0.25) is 0 Å². The van der Waals surface area contributed by atoms with Crippen LogP contribution in [0, 0.1) is 0 Å². The molecule has 12 heavy (non-hydrogen) atoms. The van der Waals surface area contributed by atoms with E-state index < -0.39 is 5.91 Å². The van der Waals surface area contributed by atoms with Gasteiger partial charge in [-0.05, 0) is 12.2 Å². The normalized spacial score (nSPS) is 20.0. The lowest BCUT2D eigenvalue weighted by Gasteiger charge is -2.11. The van der Waals surface area contributed by atoms with E-state index in [0.717, 1.165) is 5.01 Å². The molecule has 0 spiro atoms. The van der Waals surface area contributed by atoms with E-state index in [2.05, 4.69) is 29.4 Å². The maximum atomic E-state index is 11.1. The molecule has 0 unspecified atom stereocenters. The van der Waals surface area contributed by atoms with Gasteiger partial charge in [-0.1, -0.05) is 11.7 Å². The number of nitrogens with one attached hydrogen (secondary N) is 1. The van der Waals surface area contributed by atoms with Gasteiger partial charge >= 0.3 is 5.91 Å². The number of hydrogen-bond acceptors (Lipinski definition) is 5. The van der Waals surface area contributed by atoms with Gasteiger partial charge in [-0.3, -0.25) is 10.2 Å². The monoisotopic (exact) mass is 186 g/mol. The molecule has 0 saturated carbocycles. The topological polar surface area (TPSA) is 91.0 Å². The van der Waals surface area contributed by atoms with E-state index >= 15 is 0 Å². The number of carbonyl (C=O) groups is 1. The van der Waals surface area contributed by atoms with Gasteiger partial charge in [-0.25, -0.2) is 0 Å². The van der Waals surface area contributed by atoms with E-state index in [-0.39, 0.29) is 16.5 Å². The lowest BCUT2D eigenvalue weighted by molar-refractivity contribution is -0.120. The zero-order valence-corrected chi connectivity index (χ0v) is 6.76. The molecule has 1 amide bonds. The number of oxime groups is 1. The van der Waals surface area contributed by atoms with Crippen molar-refractivity contribution in [3.63, 3.8) is 0 Å². The summed E-state index contributed by atoms with van der Waals surface area (Å²) >= 11 is 4.53. The molecule has 0 aromatic heterocycles. The van der Waals surface area contributed by atoms with E-state index in [9.17, 15) is 4.79 Å². The lowest BCUT2D eigenvalue weighted by Crippen LogP contribution is -2.43. The van der Waals surface area contributed by atoms with Gasteiger partial charge in [0.05, 0.1) is 5.70 Å². The largest absolute Gasteiger partial charge is 0.410 e. The minimum absolute atomic E-state index is 0.153. The molecule has 0 radical (unpaired) electrons. The second-order valence-corrected chi connectivity index (χ2v) is 2.44. The van der Waals surface area contributed by atoms with Crippen molar-refractivity contribution in [3.05, 3.63) is 12.3 Å². The van der Waals surface area contributed by atoms with Gasteiger partial charge in [-0.2, -0.15) is 5.01 Å². The molecule has 0 atom stereocenters. The van der Waals surface area contributed by atoms with Crippen LogP contribution in [0.5, 0.6) is 0 Å². The standard InChI is InChI=1S/C5H6N4O2S/c1-2-3(8-11)4(10)9(7-2)5(6)12/h7,11H,1H2,(H2,6,12). The van der Waals surface area contributed by atoms with E-state index in [1.807, 2.05) is 0 Å². The molecule has 7 heteroatoms. The highest BCUT2D eigenvalue weighted by Crippen LogP contribution is 2.05. The summed E-state index contributed by atoms with van der Waals surface area (Å²) in [7, 11) is 0. The van der Waals surface area contributed by atoms with E-state index in [1.165, 1.54) is 0 Å². The quantitative estimate of drug-likeness (QED) is 0.254. The fraction of sp³-hybridized carbons (Fsp3) is 0. The van der Waals surface area contributed by atoms with Crippen LogP contribution in [0.3, 0.4) is 0 Å². The van der Waals surface area contributed by atoms with Crippen LogP contribution < -0.4 is 11.2 Å². The molecule has 64 valence electrons. The van der Waals surface area contributed by atoms with E-state index in [0.29, 0.717) is 0 Å². The predicted molar refractivity (Wildman–Crippen MR) is 45.1 cm³/mol. The summed E-state index contributed by atoms with van der Waals surface area (Å²) in [5.74, 6) is -0.616. The van der Waals surface area contributed by atoms with Gasteiger partial charge in [0.1, 0.15) is 0 Å². The molecule has 1 fully saturated rings. The molecular formula is C5H6N4O2S. The first kappa shape index (κ1) is 8.47. The Morgan fingerprint density at radius 1 is 1.83 bits per heavy atom. The molecule has 1 aliphatic heterocycles. The van der Waals surface area contributed by atoms with E-state index in [4.69, 9.17) is 10.9 Å². The summed E-state index contributed by atoms with van der Waals surface area (Å²) in [6.45, 7) is 3.41. The third-order valence-electron chi connectivity index (χ3n) is 1.26. The van der Waals surface area contributed by atoms with Crippen molar-refractivity contribution >= 4 is 28.9 Å². The molecule has 1 aliphatic rings. The maximum Gasteiger partial charge on any atom is 0.303 e. The van der Waals surface area contributed by atoms with E-state index in [1.54, 1.807) is 0 Å². The second-order valence-electron chi connectivity index (χ2n) is 2.02. The van der Waals surface area contributed by atoms with Gasteiger partial charge in [0.15, 0.2) is 10.8 Å². The van der Waals surface area contributed by atoms with Crippen molar-refractivity contribution in [2.45, 2.75) is 0 Å². The highest BCUT2D eigenvalue weighted by molar-refractivity contribution is 7.80. The van der Waals surface area contributed by atoms with Crippen molar-refractivity contribution in [2.24, 2.45) is 10.9 Å². The predicted octanol–water partition coefficient (Wildman–Crippen LogP) is -1.08. The Hall–Kier alpha value is -1.63. The highest BCUT2D eigenvalue weighted by Gasteiger charge is 2.33. The summed E-state index contributed by atoms with van der Waals surface area (Å²) < 4.78 is 0. The minimum atomic E-state index is -0.616. The minimum Gasteiger partial charge on any atom is -0.410 e. The Kier molecular flexibility index (Phi) is 1.96. The third-order valence-corrected chi connectivity index (χ3v) is 1.44. The first-order valence-corrected chi connectivity index (χ1v) is 3.30. The fourth-order valence-electron chi connectivity index (χ4n) is 0.732. The third kappa shape index (κ3) is 1.10. The fourth-order valence-corrected chi connectivity index (χ4v) is 0.861. The molecule has 4 N–H and O–H groups in total. The number of nitrogens with two attached hydrogens (primary N) is 1. The highest BCUT2D eigenvalue weighted by atomic mass is 32.1. The van der Waals surface area contributed by atoms with Crippen molar-refractivity contribution in [1.82, 2.24) is 10.4 Å². The summed E-state index contributed by atoms with van der Waals surface area (Å²) in [5, 5.41) is 11.8. The molecule has 0 aromatic rings. The number of nitrogens with zero attached hydrogens (tertiary/aromatic N) is 2. The van der Waals surface area contributed by atoms with Crippen LogP contribution in [0.4, 0.5) is 0 Å². The zero-order valence-electron chi connectivity index (χ0n) is 5.94. The number of carbonyl (C=O) groups excluding carboxylic acids is 1. The van der Waals surface area contributed by atoms with Crippen molar-refractivity contribution in [3.8, 4) is 0 Å². The molecular weight excluding hydrogens is 180 g/mol. The Morgan fingerprint density at radius 2 is 2.42 bits per heavy atom. The van der Waals surface area contributed by atoms with Crippen LogP contribution >= 0.6 is 12.2 Å². The van der Waals surface area contributed by atoms with Crippen LogP contribution in [0.25, 0.3) is 0 Å². The molecule has 6 nitrogen and oxygen atoms in total. The molecule has 0 aliphatic carbocycles. The van der Waals surface area contributed by atoms with Crippen LogP contribution in [0.2, 0.25) is 0 Å². The van der Waals surface area contributed by atoms with Gasteiger partial charge in [-0.15, -0.1) is 0 Å². The first-order chi connectivity index (χ1) is 5.57. The Balaban J connectivity index is 2.98. The SMILES string of the molecule is C=C1NN(C(N)=S)C(=O)C1=NO. The van der Waals surface area contributed by atoms with Gasteiger partial charge < -0.3 is 10.9 Å². The van der Waals surface area contributed by atoms with Gasteiger partial charge in [0, 0.05) is 0 Å². The first-order valence-electron chi connectivity index (χ1n) is 2.89. The number of hydrazine groups is 1. The summed E-state index contributed by atoms with van der Waals surface area (Å²) in [6.07, 6.45) is 0. The Bertz CT molecular complexity index is 298. The smallest absolute Gasteiger partial charge is 0.303 e. The van der Waals surface area contributed by atoms with Crippen LogP contribution in [0.1, 0.15) is 0 Å². The Morgan fingerprint density at radius 3 is 2.67 bits per heavy atom. The maximum absolute atomic E-state index is 11.1. The number of thiocarbonyl (C=S) groups is 1. The molecule has 1 heterocycles. The lowest BCUT2D eigenvalue weighted by atomic mass is 10.3. The number of amides is 1. The summed E-state index contributed by atoms with van der Waals surface area (Å²) in [5.41, 5.74) is 7.57. The molecule has 1 rings (SSSR count). The molecule has 1 saturated heterocycles. The average molecular weight is 186 g/mol. The number of rotatable bonds is 0. The second kappa shape index (κ2) is 2.78. The van der Waals surface area contributed by atoms with Crippen LogP contribution in [-0.2, 0) is 4.79 Å². The molecule has 0 bridgehead atoms. The van der Waals surface area contributed by atoms with Crippen molar-refractivity contribution in [2.75, 3.05) is 0 Å². The summed E-state index contributed by atoms with van der Waals surface area (Å²) in [4.78, 5) is 11.1. The zero-order chi connectivity index (χ0) is 9.30. The van der Waals surface area contributed by atoms with Crippen molar-refractivity contribution in [1.29, 1.82) is 0 Å². The molecule has 0 aromatic carbocycles. The van der Waals surface area contributed by atoms with Gasteiger partial charge in [0.25, 0.3) is 0 Å². The van der Waals surface area contributed by atoms with Crippen LogP contribution in [0.15, 0.2) is 17.4 Å². The average Bonchev–Trinajstić information content (AvgIpc) is 2.27. The summed E-state index contributed by atoms with van der Waals surface area (Å²) in [6, 6.07) is 0.